The number of rotatable bonds is 8. The van der Waals surface area contributed by atoms with Crippen LogP contribution in [0.3, 0.4) is 0 Å². The standard InChI is InChI=1S/C21H24BrN5O2S/c1-14(22)21-25-19(15-5-3-2-4-6-15)11-20(27(21)23)24-16-7-9-18(10-8-16)30-26-17(12-28)13-29/h2-11,17,24,26,28-29H,12-13,23H2,1H3/b21-14+. The molecule has 0 aromatic heterocycles. The van der Waals surface area contributed by atoms with Crippen molar-refractivity contribution in [1.29, 1.82) is 0 Å². The molecule has 0 aliphatic carbocycles. The van der Waals surface area contributed by atoms with Crippen molar-refractivity contribution >= 4 is 39.3 Å². The molecule has 0 saturated heterocycles. The third-order valence-corrected chi connectivity index (χ3v) is 5.59. The predicted octanol–water partition coefficient (Wildman–Crippen LogP) is 3.15. The molecule has 7 nitrogen and oxygen atoms in total. The summed E-state index contributed by atoms with van der Waals surface area (Å²) in [5.41, 5.74) is 2.67. The van der Waals surface area contributed by atoms with Crippen molar-refractivity contribution in [3.05, 3.63) is 82.4 Å². The van der Waals surface area contributed by atoms with E-state index in [1.807, 2.05) is 67.6 Å². The number of hydrogen-bond acceptors (Lipinski definition) is 8. The number of nitrogens with two attached hydrogens (primary N) is 1. The molecular weight excluding hydrogens is 466 g/mol. The summed E-state index contributed by atoms with van der Waals surface area (Å²) in [6.45, 7) is 1.64. The maximum atomic E-state index is 9.13. The first-order valence-corrected chi connectivity index (χ1v) is 10.9. The Hall–Kier alpha value is -2.14. The number of nitrogens with one attached hydrogen (secondary N) is 2. The van der Waals surface area contributed by atoms with E-state index in [-0.39, 0.29) is 19.3 Å². The Labute approximate surface area is 188 Å². The van der Waals surface area contributed by atoms with E-state index in [4.69, 9.17) is 16.1 Å². The summed E-state index contributed by atoms with van der Waals surface area (Å²) in [4.78, 5) is 5.63. The highest BCUT2D eigenvalue weighted by atomic mass is 79.9. The average molecular weight is 490 g/mol. The van der Waals surface area contributed by atoms with Gasteiger partial charge in [-0.25, -0.2) is 15.8 Å². The van der Waals surface area contributed by atoms with Crippen LogP contribution in [0.4, 0.5) is 5.69 Å². The van der Waals surface area contributed by atoms with Gasteiger partial charge in [0, 0.05) is 26.7 Å². The van der Waals surface area contributed by atoms with Crippen LogP contribution in [0, 0.1) is 0 Å². The summed E-state index contributed by atoms with van der Waals surface area (Å²) in [6.07, 6.45) is 1.91. The zero-order valence-electron chi connectivity index (χ0n) is 16.4. The van der Waals surface area contributed by atoms with Crippen molar-refractivity contribution in [3.8, 4) is 0 Å². The number of benzene rings is 2. The third kappa shape index (κ3) is 5.72. The fourth-order valence-corrected chi connectivity index (χ4v) is 3.65. The quantitative estimate of drug-likeness (QED) is 0.286. The zero-order chi connectivity index (χ0) is 21.5. The van der Waals surface area contributed by atoms with Crippen LogP contribution < -0.4 is 15.9 Å². The van der Waals surface area contributed by atoms with Gasteiger partial charge in [0.15, 0.2) is 5.82 Å². The highest BCUT2D eigenvalue weighted by Gasteiger charge is 2.20. The van der Waals surface area contributed by atoms with Gasteiger partial charge in [0.2, 0.25) is 0 Å². The van der Waals surface area contributed by atoms with E-state index in [1.54, 1.807) is 0 Å². The Morgan fingerprint density at radius 1 is 1.13 bits per heavy atom. The molecule has 0 radical (unpaired) electrons. The molecule has 1 aliphatic heterocycles. The summed E-state index contributed by atoms with van der Waals surface area (Å²) < 4.78 is 3.84. The lowest BCUT2D eigenvalue weighted by molar-refractivity contribution is 0.187. The summed E-state index contributed by atoms with van der Waals surface area (Å²) in [7, 11) is 0. The maximum Gasteiger partial charge on any atom is 0.159 e. The molecule has 0 atom stereocenters. The SMILES string of the molecule is C/C(Br)=C1/N=C(c2ccccc2)C=C(Nc2ccc(SNC(CO)CO)cc2)N1N. The van der Waals surface area contributed by atoms with Gasteiger partial charge in [0.25, 0.3) is 0 Å². The normalized spacial score (nSPS) is 15.7. The first-order chi connectivity index (χ1) is 14.5. The number of aliphatic hydroxyl groups excluding tert-OH is 2. The number of allylic oxidation sites excluding steroid dienone is 2. The zero-order valence-corrected chi connectivity index (χ0v) is 18.8. The predicted molar refractivity (Wildman–Crippen MR) is 126 cm³/mol. The minimum Gasteiger partial charge on any atom is -0.395 e. The fraction of sp³-hybridized carbons (Fsp3) is 0.190. The molecule has 0 unspecified atom stereocenters. The van der Waals surface area contributed by atoms with E-state index in [0.29, 0.717) is 11.6 Å². The van der Waals surface area contributed by atoms with Gasteiger partial charge >= 0.3 is 0 Å². The van der Waals surface area contributed by atoms with Gasteiger partial charge in [-0.1, -0.05) is 46.3 Å². The van der Waals surface area contributed by atoms with Gasteiger partial charge in [-0.2, -0.15) is 0 Å². The van der Waals surface area contributed by atoms with Crippen LogP contribution in [0.1, 0.15) is 12.5 Å². The molecule has 0 spiro atoms. The lowest BCUT2D eigenvalue weighted by Gasteiger charge is -2.28. The Morgan fingerprint density at radius 2 is 1.80 bits per heavy atom. The summed E-state index contributed by atoms with van der Waals surface area (Å²) >= 11 is 4.84. The van der Waals surface area contributed by atoms with Crippen molar-refractivity contribution in [2.24, 2.45) is 10.8 Å². The van der Waals surface area contributed by atoms with Gasteiger partial charge in [-0.3, -0.25) is 4.72 Å². The number of nitrogens with zero attached hydrogens (tertiary/aromatic N) is 2. The number of halogens is 1. The second kappa shape index (κ2) is 10.8. The minimum atomic E-state index is -0.362. The van der Waals surface area contributed by atoms with E-state index in [1.165, 1.54) is 17.0 Å². The summed E-state index contributed by atoms with van der Waals surface area (Å²) in [5.74, 6) is 7.61. The molecule has 9 heteroatoms. The second-order valence-electron chi connectivity index (χ2n) is 6.55. The van der Waals surface area contributed by atoms with Gasteiger partial charge in [-0.15, -0.1) is 0 Å². The Morgan fingerprint density at radius 3 is 2.40 bits per heavy atom. The Bertz CT molecular complexity index is 940. The van der Waals surface area contributed by atoms with Gasteiger partial charge in [-0.05, 0) is 43.1 Å². The van der Waals surface area contributed by atoms with Crippen LogP contribution in [-0.4, -0.2) is 40.2 Å². The van der Waals surface area contributed by atoms with Crippen molar-refractivity contribution in [2.75, 3.05) is 18.5 Å². The van der Waals surface area contributed by atoms with Crippen molar-refractivity contribution in [3.63, 3.8) is 0 Å². The van der Waals surface area contributed by atoms with Crippen LogP contribution in [0.5, 0.6) is 0 Å². The lowest BCUT2D eigenvalue weighted by atomic mass is 10.1. The fourth-order valence-electron chi connectivity index (χ4n) is 2.65. The average Bonchev–Trinajstić information content (AvgIpc) is 2.77. The monoisotopic (exact) mass is 489 g/mol. The van der Waals surface area contributed by atoms with Crippen molar-refractivity contribution in [2.45, 2.75) is 17.9 Å². The lowest BCUT2D eigenvalue weighted by Crippen LogP contribution is -2.36. The van der Waals surface area contributed by atoms with Crippen molar-refractivity contribution in [1.82, 2.24) is 9.73 Å². The first kappa shape index (κ1) is 22.5. The Kier molecular flexibility index (Phi) is 8.08. The highest BCUT2D eigenvalue weighted by molar-refractivity contribution is 9.11. The molecule has 0 saturated carbocycles. The smallest absolute Gasteiger partial charge is 0.159 e. The number of anilines is 1. The van der Waals surface area contributed by atoms with E-state index in [2.05, 4.69) is 31.0 Å². The largest absolute Gasteiger partial charge is 0.395 e. The number of aliphatic imine (C=N–C) groups is 1. The van der Waals surface area contributed by atoms with Gasteiger partial charge in [0.1, 0.15) is 5.82 Å². The summed E-state index contributed by atoms with van der Waals surface area (Å²) in [6, 6.07) is 17.3. The molecule has 0 fully saturated rings. The number of hydrogen-bond donors (Lipinski definition) is 5. The molecule has 1 aliphatic rings. The molecule has 1 heterocycles. The molecule has 3 rings (SSSR count). The highest BCUT2D eigenvalue weighted by Crippen LogP contribution is 2.26. The Balaban J connectivity index is 1.78. The molecule has 0 bridgehead atoms. The van der Waals surface area contributed by atoms with Crippen LogP contribution in [0.15, 0.2) is 86.7 Å². The van der Waals surface area contributed by atoms with Crippen LogP contribution >= 0.6 is 27.9 Å². The van der Waals surface area contributed by atoms with E-state index >= 15 is 0 Å². The number of hydrazine groups is 1. The topological polar surface area (TPSA) is 106 Å². The third-order valence-electron chi connectivity index (χ3n) is 4.28. The molecule has 158 valence electrons. The minimum absolute atomic E-state index is 0.127. The molecular formula is C21H24BrN5O2S. The molecule has 30 heavy (non-hydrogen) atoms. The summed E-state index contributed by atoms with van der Waals surface area (Å²) in [5, 5.41) is 23.1. The van der Waals surface area contributed by atoms with Gasteiger partial charge < -0.3 is 15.5 Å². The van der Waals surface area contributed by atoms with Crippen LogP contribution in [0.25, 0.3) is 0 Å². The molecule has 2 aromatic rings. The molecule has 6 N–H and O–H groups in total. The van der Waals surface area contributed by atoms with E-state index in [9.17, 15) is 0 Å². The van der Waals surface area contributed by atoms with Crippen LogP contribution in [0.2, 0.25) is 0 Å². The molecule has 0 amide bonds. The number of aliphatic hydroxyl groups is 2. The maximum absolute atomic E-state index is 9.13. The van der Waals surface area contributed by atoms with Crippen molar-refractivity contribution < 1.29 is 10.2 Å². The first-order valence-electron chi connectivity index (χ1n) is 9.30. The second-order valence-corrected chi connectivity index (χ2v) is 8.65. The van der Waals surface area contributed by atoms with Crippen LogP contribution in [-0.2, 0) is 0 Å². The van der Waals surface area contributed by atoms with E-state index in [0.717, 1.165) is 26.3 Å². The van der Waals surface area contributed by atoms with E-state index < -0.39 is 0 Å². The molecule has 2 aromatic carbocycles. The van der Waals surface area contributed by atoms with Gasteiger partial charge in [0.05, 0.1) is 25.0 Å².